The zero-order chi connectivity index (χ0) is 14.7. The van der Waals surface area contributed by atoms with Gasteiger partial charge in [-0.05, 0) is 25.5 Å². The van der Waals surface area contributed by atoms with E-state index in [-0.39, 0.29) is 11.4 Å². The van der Waals surface area contributed by atoms with Gasteiger partial charge in [-0.1, -0.05) is 19.4 Å². The van der Waals surface area contributed by atoms with E-state index in [4.69, 9.17) is 5.73 Å². The number of aliphatic hydroxyl groups is 1. The molecule has 108 valence electrons. The van der Waals surface area contributed by atoms with Crippen molar-refractivity contribution in [2.24, 2.45) is 0 Å². The van der Waals surface area contributed by atoms with Crippen molar-refractivity contribution in [1.82, 2.24) is 4.72 Å². The third-order valence-corrected chi connectivity index (χ3v) is 4.19. The summed E-state index contributed by atoms with van der Waals surface area (Å²) in [7, 11) is -3.94. The van der Waals surface area contributed by atoms with Gasteiger partial charge in [-0.15, -0.1) is 0 Å². The fraction of sp³-hybridized carbons (Fsp3) is 0.500. The van der Waals surface area contributed by atoms with Crippen molar-refractivity contribution < 1.29 is 17.9 Å². The molecule has 0 aliphatic rings. The highest BCUT2D eigenvalue weighted by atomic mass is 32.2. The molecule has 0 fully saturated rings. The van der Waals surface area contributed by atoms with Crippen LogP contribution in [0.15, 0.2) is 23.1 Å². The summed E-state index contributed by atoms with van der Waals surface area (Å²) in [6.45, 7) is 3.26. The normalized spacial score (nSPS) is 15.2. The third-order valence-electron chi connectivity index (χ3n) is 2.73. The van der Waals surface area contributed by atoms with Gasteiger partial charge in [0.25, 0.3) is 0 Å². The van der Waals surface area contributed by atoms with E-state index in [1.54, 1.807) is 0 Å². The number of benzene rings is 1. The van der Waals surface area contributed by atoms with Gasteiger partial charge >= 0.3 is 0 Å². The van der Waals surface area contributed by atoms with Crippen LogP contribution in [0, 0.1) is 5.82 Å². The van der Waals surface area contributed by atoms with Crippen molar-refractivity contribution in [2.75, 3.05) is 12.3 Å². The number of nitrogens with one attached hydrogen (secondary N) is 1. The molecule has 1 atom stereocenters. The minimum absolute atomic E-state index is 0.154. The van der Waals surface area contributed by atoms with Crippen LogP contribution in [0.25, 0.3) is 0 Å². The Bertz CT molecular complexity index is 544. The standard InChI is InChI=1S/C12H19FN2O3S/c1-3-7-12(2,16)8-15-19(17,18)10-6-4-5-9(13)11(10)14/h4-6,15-16H,3,7-8,14H2,1-2H3. The smallest absolute Gasteiger partial charge is 0.242 e. The van der Waals surface area contributed by atoms with Crippen molar-refractivity contribution in [3.63, 3.8) is 0 Å². The molecule has 0 aliphatic carbocycles. The molecule has 0 spiro atoms. The summed E-state index contributed by atoms with van der Waals surface area (Å²) >= 11 is 0. The second kappa shape index (κ2) is 5.85. The van der Waals surface area contributed by atoms with E-state index in [9.17, 15) is 17.9 Å². The van der Waals surface area contributed by atoms with Gasteiger partial charge in [0.2, 0.25) is 10.0 Å². The van der Waals surface area contributed by atoms with Crippen LogP contribution in [0.1, 0.15) is 26.7 Å². The molecule has 0 heterocycles. The summed E-state index contributed by atoms with van der Waals surface area (Å²) in [5.41, 5.74) is 3.84. The van der Waals surface area contributed by atoms with Crippen LogP contribution >= 0.6 is 0 Å². The summed E-state index contributed by atoms with van der Waals surface area (Å²) in [5.74, 6) is -0.789. The molecule has 0 bridgehead atoms. The van der Waals surface area contributed by atoms with Crippen LogP contribution in [0.4, 0.5) is 10.1 Å². The van der Waals surface area contributed by atoms with Gasteiger partial charge in [0.1, 0.15) is 10.7 Å². The number of anilines is 1. The number of halogens is 1. The monoisotopic (exact) mass is 290 g/mol. The zero-order valence-corrected chi connectivity index (χ0v) is 11.8. The van der Waals surface area contributed by atoms with Crippen LogP contribution in [-0.2, 0) is 10.0 Å². The third kappa shape index (κ3) is 4.15. The second-order valence-corrected chi connectivity index (χ2v) is 6.46. The molecule has 1 unspecified atom stereocenters. The van der Waals surface area contributed by atoms with E-state index < -0.39 is 27.1 Å². The molecule has 4 N–H and O–H groups in total. The molecule has 0 aromatic heterocycles. The van der Waals surface area contributed by atoms with Crippen LogP contribution < -0.4 is 10.5 Å². The highest BCUT2D eigenvalue weighted by Crippen LogP contribution is 2.21. The zero-order valence-electron chi connectivity index (χ0n) is 11.0. The highest BCUT2D eigenvalue weighted by Gasteiger charge is 2.25. The van der Waals surface area contributed by atoms with Gasteiger partial charge in [0.05, 0.1) is 11.3 Å². The number of hydrogen-bond donors (Lipinski definition) is 3. The van der Waals surface area contributed by atoms with Gasteiger partial charge in [-0.2, -0.15) is 0 Å². The summed E-state index contributed by atoms with van der Waals surface area (Å²) < 4.78 is 39.5. The SMILES string of the molecule is CCCC(C)(O)CNS(=O)(=O)c1cccc(F)c1N. The van der Waals surface area contributed by atoms with E-state index in [2.05, 4.69) is 4.72 Å². The van der Waals surface area contributed by atoms with Crippen LogP contribution in [0.2, 0.25) is 0 Å². The molecule has 1 aromatic rings. The lowest BCUT2D eigenvalue weighted by Crippen LogP contribution is -2.40. The molecule has 0 saturated carbocycles. The number of nitrogens with two attached hydrogens (primary N) is 1. The minimum Gasteiger partial charge on any atom is -0.395 e. The first-order valence-corrected chi connectivity index (χ1v) is 7.44. The van der Waals surface area contributed by atoms with Crippen molar-refractivity contribution in [3.05, 3.63) is 24.0 Å². The topological polar surface area (TPSA) is 92.4 Å². The molecule has 1 aromatic carbocycles. The summed E-state index contributed by atoms with van der Waals surface area (Å²) in [6.07, 6.45) is 1.17. The molecule has 0 saturated heterocycles. The fourth-order valence-corrected chi connectivity index (χ4v) is 3.01. The molecule has 5 nitrogen and oxygen atoms in total. The molecule has 0 aliphatic heterocycles. The Morgan fingerprint density at radius 1 is 1.47 bits per heavy atom. The van der Waals surface area contributed by atoms with Gasteiger partial charge < -0.3 is 10.8 Å². The van der Waals surface area contributed by atoms with Crippen LogP contribution in [0.3, 0.4) is 0 Å². The Labute approximate surface area is 112 Å². The largest absolute Gasteiger partial charge is 0.395 e. The quantitative estimate of drug-likeness (QED) is 0.687. The second-order valence-electron chi connectivity index (χ2n) is 4.72. The van der Waals surface area contributed by atoms with Crippen molar-refractivity contribution in [1.29, 1.82) is 0 Å². The average Bonchev–Trinajstić information content (AvgIpc) is 2.30. The Kier molecular flexibility index (Phi) is 4.89. The van der Waals surface area contributed by atoms with Crippen molar-refractivity contribution in [3.8, 4) is 0 Å². The van der Waals surface area contributed by atoms with Gasteiger partial charge in [0.15, 0.2) is 0 Å². The molecule has 7 heteroatoms. The first kappa shape index (κ1) is 15.9. The maximum Gasteiger partial charge on any atom is 0.242 e. The Morgan fingerprint density at radius 2 is 2.11 bits per heavy atom. The lowest BCUT2D eigenvalue weighted by molar-refractivity contribution is 0.0554. The predicted molar refractivity (Wildman–Crippen MR) is 71.5 cm³/mol. The molecule has 0 amide bonds. The molecular weight excluding hydrogens is 271 g/mol. The van der Waals surface area contributed by atoms with E-state index >= 15 is 0 Å². The van der Waals surface area contributed by atoms with Crippen LogP contribution in [-0.4, -0.2) is 25.7 Å². The molecule has 0 radical (unpaired) electrons. The summed E-state index contributed by atoms with van der Waals surface area (Å²) in [4.78, 5) is -0.320. The summed E-state index contributed by atoms with van der Waals surface area (Å²) in [5, 5.41) is 9.92. The maximum atomic E-state index is 13.2. The van der Waals surface area contributed by atoms with E-state index in [1.807, 2.05) is 6.92 Å². The highest BCUT2D eigenvalue weighted by molar-refractivity contribution is 7.89. The lowest BCUT2D eigenvalue weighted by atomic mass is 10.0. The Morgan fingerprint density at radius 3 is 2.68 bits per heavy atom. The average molecular weight is 290 g/mol. The van der Waals surface area contributed by atoms with Gasteiger partial charge in [0, 0.05) is 6.54 Å². The van der Waals surface area contributed by atoms with E-state index in [0.29, 0.717) is 6.42 Å². The number of hydrogen-bond acceptors (Lipinski definition) is 4. The number of para-hydroxylation sites is 1. The van der Waals surface area contributed by atoms with Crippen molar-refractivity contribution >= 4 is 15.7 Å². The van der Waals surface area contributed by atoms with Gasteiger partial charge in [-0.25, -0.2) is 17.5 Å². The summed E-state index contributed by atoms with van der Waals surface area (Å²) in [6, 6.07) is 3.57. The molecule has 19 heavy (non-hydrogen) atoms. The minimum atomic E-state index is -3.94. The Balaban J connectivity index is 2.91. The maximum absolute atomic E-state index is 13.2. The fourth-order valence-electron chi connectivity index (χ4n) is 1.71. The first-order valence-electron chi connectivity index (χ1n) is 5.95. The predicted octanol–water partition coefficient (Wildman–Crippen LogP) is 1.24. The number of sulfonamides is 1. The Hall–Kier alpha value is -1.18. The van der Waals surface area contributed by atoms with Crippen LogP contribution in [0.5, 0.6) is 0 Å². The number of nitrogen functional groups attached to an aromatic ring is 1. The van der Waals surface area contributed by atoms with E-state index in [0.717, 1.165) is 12.5 Å². The first-order chi connectivity index (χ1) is 8.69. The number of rotatable bonds is 6. The lowest BCUT2D eigenvalue weighted by Gasteiger charge is -2.23. The molecular formula is C12H19FN2O3S. The van der Waals surface area contributed by atoms with Crippen molar-refractivity contribution in [2.45, 2.75) is 37.2 Å². The van der Waals surface area contributed by atoms with E-state index in [1.165, 1.54) is 19.1 Å². The molecule has 1 rings (SSSR count). The van der Waals surface area contributed by atoms with Gasteiger partial charge in [-0.3, -0.25) is 0 Å².